The molecule has 0 fully saturated rings. The molecule has 1 aromatic rings. The van der Waals surface area contributed by atoms with E-state index in [4.69, 9.17) is 15.3 Å². The highest BCUT2D eigenvalue weighted by Crippen LogP contribution is 2.27. The number of carboxylic acid groups (broad SMARTS) is 1. The Balaban J connectivity index is 2.95. The molecule has 4 N–H and O–H groups in total. The van der Waals surface area contributed by atoms with Gasteiger partial charge in [-0.05, 0) is 18.1 Å². The van der Waals surface area contributed by atoms with E-state index < -0.39 is 12.3 Å². The number of carbonyl (C=O) groups is 1. The van der Waals surface area contributed by atoms with Gasteiger partial charge in [-0.2, -0.15) is 0 Å². The van der Waals surface area contributed by atoms with Crippen LogP contribution in [0.15, 0.2) is 18.2 Å². The summed E-state index contributed by atoms with van der Waals surface area (Å²) in [7, 11) is 0. The number of aliphatic carboxylic acids is 1. The summed E-state index contributed by atoms with van der Waals surface area (Å²) in [4.78, 5) is 10.4. The van der Waals surface area contributed by atoms with Gasteiger partial charge >= 0.3 is 5.97 Å². The second-order valence-electron chi connectivity index (χ2n) is 3.12. The molecular weight excluding hydrogens is 200 g/mol. The van der Waals surface area contributed by atoms with Crippen molar-refractivity contribution in [3.8, 4) is 5.75 Å². The van der Waals surface area contributed by atoms with Gasteiger partial charge in [-0.3, -0.25) is 4.79 Å². The number of hydrogen-bond donors (Lipinski definition) is 4. The van der Waals surface area contributed by atoms with Crippen LogP contribution in [0.3, 0.4) is 0 Å². The molecule has 0 spiro atoms. The second kappa shape index (κ2) is 4.77. The lowest BCUT2D eigenvalue weighted by molar-refractivity contribution is -0.137. The van der Waals surface area contributed by atoms with Crippen molar-refractivity contribution in [2.24, 2.45) is 0 Å². The van der Waals surface area contributed by atoms with Crippen molar-refractivity contribution in [3.05, 3.63) is 29.3 Å². The number of hydrogen-bond acceptors (Lipinski definition) is 4. The van der Waals surface area contributed by atoms with Gasteiger partial charge in [0.25, 0.3) is 0 Å². The predicted octanol–water partition coefficient (Wildman–Crippen LogP) is 0.393. The fourth-order valence-electron chi connectivity index (χ4n) is 1.36. The Kier molecular flexibility index (Phi) is 3.65. The molecule has 5 heteroatoms. The standard InChI is InChI=1S/C10H12O5/c11-7-3-1-2-6(4-5-8(12)13)9(7)10(14)15/h1-3,10-11,14-15H,4-5H2,(H,12,13). The van der Waals surface area contributed by atoms with Crippen molar-refractivity contribution < 1.29 is 25.2 Å². The highest BCUT2D eigenvalue weighted by atomic mass is 16.5. The van der Waals surface area contributed by atoms with Crippen LogP contribution in [-0.4, -0.2) is 26.4 Å². The van der Waals surface area contributed by atoms with Gasteiger partial charge < -0.3 is 20.4 Å². The minimum atomic E-state index is -1.80. The van der Waals surface area contributed by atoms with E-state index in [0.29, 0.717) is 5.56 Å². The molecule has 1 aromatic carbocycles. The third kappa shape index (κ3) is 2.93. The summed E-state index contributed by atoms with van der Waals surface area (Å²) < 4.78 is 0. The van der Waals surface area contributed by atoms with E-state index in [1.807, 2.05) is 0 Å². The van der Waals surface area contributed by atoms with E-state index >= 15 is 0 Å². The number of rotatable bonds is 4. The fraction of sp³-hybridized carbons (Fsp3) is 0.300. The monoisotopic (exact) mass is 212 g/mol. The van der Waals surface area contributed by atoms with Crippen molar-refractivity contribution in [3.63, 3.8) is 0 Å². The summed E-state index contributed by atoms with van der Waals surface area (Å²) in [5.74, 6) is -1.22. The number of aromatic hydroxyl groups is 1. The van der Waals surface area contributed by atoms with Crippen molar-refractivity contribution in [2.45, 2.75) is 19.1 Å². The molecule has 0 radical (unpaired) electrons. The Labute approximate surface area is 86.2 Å². The third-order valence-corrected chi connectivity index (χ3v) is 2.04. The number of carboxylic acids is 1. The van der Waals surface area contributed by atoms with Gasteiger partial charge in [0.05, 0.1) is 5.56 Å². The summed E-state index contributed by atoms with van der Waals surface area (Å²) >= 11 is 0. The lowest BCUT2D eigenvalue weighted by atomic mass is 10.0. The number of benzene rings is 1. The molecule has 15 heavy (non-hydrogen) atoms. The number of aliphatic hydroxyl groups excluding tert-OH is 1. The molecule has 0 saturated heterocycles. The summed E-state index contributed by atoms with van der Waals surface area (Å²) in [5.41, 5.74) is 0.395. The number of aryl methyl sites for hydroxylation is 1. The molecule has 0 aliphatic carbocycles. The normalized spacial score (nSPS) is 10.6. The SMILES string of the molecule is O=C(O)CCc1cccc(O)c1C(O)O. The maximum absolute atomic E-state index is 10.4. The lowest BCUT2D eigenvalue weighted by Crippen LogP contribution is -2.04. The summed E-state index contributed by atoms with van der Waals surface area (Å²) in [5, 5.41) is 35.8. The van der Waals surface area contributed by atoms with E-state index in [0.717, 1.165) is 0 Å². The van der Waals surface area contributed by atoms with Gasteiger partial charge in [0, 0.05) is 6.42 Å². The molecule has 0 aromatic heterocycles. The molecule has 0 saturated carbocycles. The molecule has 0 aliphatic rings. The first-order chi connectivity index (χ1) is 7.02. The minimum absolute atomic E-state index is 0.0289. The quantitative estimate of drug-likeness (QED) is 0.541. The van der Waals surface area contributed by atoms with Gasteiger partial charge in [0.2, 0.25) is 0 Å². The molecule has 0 amide bonds. The van der Waals surface area contributed by atoms with Crippen LogP contribution in [-0.2, 0) is 11.2 Å². The first-order valence-electron chi connectivity index (χ1n) is 4.41. The van der Waals surface area contributed by atoms with Crippen LogP contribution in [0.1, 0.15) is 23.8 Å². The molecule has 0 bridgehead atoms. The Morgan fingerprint density at radius 2 is 2.00 bits per heavy atom. The second-order valence-corrected chi connectivity index (χ2v) is 3.12. The molecule has 0 unspecified atom stereocenters. The van der Waals surface area contributed by atoms with Crippen LogP contribution < -0.4 is 0 Å². The number of aliphatic hydroxyl groups is 2. The van der Waals surface area contributed by atoms with E-state index in [2.05, 4.69) is 0 Å². The molecule has 82 valence electrons. The molecule has 0 atom stereocenters. The fourth-order valence-corrected chi connectivity index (χ4v) is 1.36. The van der Waals surface area contributed by atoms with Crippen LogP contribution in [0.4, 0.5) is 0 Å². The Morgan fingerprint density at radius 3 is 2.53 bits per heavy atom. The Morgan fingerprint density at radius 1 is 1.33 bits per heavy atom. The van der Waals surface area contributed by atoms with Crippen LogP contribution in [0.25, 0.3) is 0 Å². The van der Waals surface area contributed by atoms with Crippen molar-refractivity contribution in [1.82, 2.24) is 0 Å². The van der Waals surface area contributed by atoms with E-state index in [-0.39, 0.29) is 24.2 Å². The first-order valence-corrected chi connectivity index (χ1v) is 4.41. The molecule has 5 nitrogen and oxygen atoms in total. The number of phenols is 1. The Hall–Kier alpha value is -1.59. The largest absolute Gasteiger partial charge is 0.507 e. The van der Waals surface area contributed by atoms with E-state index in [1.54, 1.807) is 6.07 Å². The average molecular weight is 212 g/mol. The zero-order chi connectivity index (χ0) is 11.4. The maximum Gasteiger partial charge on any atom is 0.303 e. The van der Waals surface area contributed by atoms with Crippen LogP contribution in [0, 0.1) is 0 Å². The van der Waals surface area contributed by atoms with Gasteiger partial charge in [-0.15, -0.1) is 0 Å². The summed E-state index contributed by atoms with van der Waals surface area (Å²) in [6.07, 6.45) is -1.77. The summed E-state index contributed by atoms with van der Waals surface area (Å²) in [6, 6.07) is 4.40. The zero-order valence-electron chi connectivity index (χ0n) is 7.92. The van der Waals surface area contributed by atoms with Gasteiger partial charge in [-0.1, -0.05) is 12.1 Å². The van der Waals surface area contributed by atoms with Gasteiger partial charge in [0.1, 0.15) is 5.75 Å². The Bertz CT molecular complexity index is 359. The van der Waals surface area contributed by atoms with Crippen LogP contribution in [0.5, 0.6) is 5.75 Å². The smallest absolute Gasteiger partial charge is 0.303 e. The summed E-state index contributed by atoms with van der Waals surface area (Å²) in [6.45, 7) is 0. The highest BCUT2D eigenvalue weighted by Gasteiger charge is 2.14. The van der Waals surface area contributed by atoms with Crippen molar-refractivity contribution in [1.29, 1.82) is 0 Å². The minimum Gasteiger partial charge on any atom is -0.507 e. The molecule has 1 rings (SSSR count). The topological polar surface area (TPSA) is 98.0 Å². The van der Waals surface area contributed by atoms with Crippen molar-refractivity contribution in [2.75, 3.05) is 0 Å². The highest BCUT2D eigenvalue weighted by molar-refractivity contribution is 5.67. The first kappa shape index (κ1) is 11.5. The van der Waals surface area contributed by atoms with Crippen LogP contribution in [0.2, 0.25) is 0 Å². The van der Waals surface area contributed by atoms with Gasteiger partial charge in [0.15, 0.2) is 6.29 Å². The predicted molar refractivity (Wildman–Crippen MR) is 51.2 cm³/mol. The van der Waals surface area contributed by atoms with E-state index in [1.165, 1.54) is 12.1 Å². The van der Waals surface area contributed by atoms with E-state index in [9.17, 15) is 9.90 Å². The van der Waals surface area contributed by atoms with Crippen molar-refractivity contribution >= 4 is 5.97 Å². The zero-order valence-corrected chi connectivity index (χ0v) is 7.92. The maximum atomic E-state index is 10.4. The molecular formula is C10H12O5. The van der Waals surface area contributed by atoms with Crippen LogP contribution >= 0.6 is 0 Å². The molecule has 0 heterocycles. The van der Waals surface area contributed by atoms with Gasteiger partial charge in [-0.25, -0.2) is 0 Å². The lowest BCUT2D eigenvalue weighted by Gasteiger charge is -2.11. The number of phenolic OH excluding ortho intramolecular Hbond substituents is 1. The molecule has 0 aliphatic heterocycles. The average Bonchev–Trinajstić information content (AvgIpc) is 2.13. The third-order valence-electron chi connectivity index (χ3n) is 2.04.